The average Bonchev–Trinajstić information content (AvgIpc) is 3.35. The number of hydrogen-bond acceptors (Lipinski definition) is 7. The molecule has 0 aliphatic carbocycles. The number of nitrogens with one attached hydrogen (secondary N) is 1. The number of aryl methyl sites for hydroxylation is 2. The third kappa shape index (κ3) is 2.71. The van der Waals surface area contributed by atoms with Crippen LogP contribution in [0.3, 0.4) is 0 Å². The predicted molar refractivity (Wildman–Crippen MR) is 103 cm³/mol. The Hall–Kier alpha value is -3.32. The van der Waals surface area contributed by atoms with Gasteiger partial charge >= 0.3 is 0 Å². The second-order valence-electron chi connectivity index (χ2n) is 6.90. The highest BCUT2D eigenvalue weighted by Crippen LogP contribution is 2.35. The fraction of sp³-hybridized carbons (Fsp3) is 0.238. The molecule has 0 saturated heterocycles. The summed E-state index contributed by atoms with van der Waals surface area (Å²) in [6.45, 7) is 5.57. The molecule has 0 spiro atoms. The van der Waals surface area contributed by atoms with Gasteiger partial charge in [0.2, 0.25) is 5.82 Å². The van der Waals surface area contributed by atoms with Crippen LogP contribution in [0.5, 0.6) is 0 Å². The smallest absolute Gasteiger partial charge is 0.264 e. The number of rotatable bonds is 3. The Kier molecular flexibility index (Phi) is 4.02. The van der Waals surface area contributed by atoms with Gasteiger partial charge in [-0.1, -0.05) is 40.6 Å². The van der Waals surface area contributed by atoms with E-state index < -0.39 is 0 Å². The Labute approximate surface area is 161 Å². The van der Waals surface area contributed by atoms with Crippen molar-refractivity contribution in [3.05, 3.63) is 59.1 Å². The standard InChI is InChI=1S/C21H19N5O2/c1-12-17(16-8-9-22-10-15(16)11-23-12)20-24-21(28-26-20)18-13(2)27-25-19(18)14-6-4-3-5-7-14/h3-7,11,22H,8-10H2,1-2H3. The van der Waals surface area contributed by atoms with Gasteiger partial charge in [0.15, 0.2) is 0 Å². The molecule has 0 bridgehead atoms. The third-order valence-electron chi connectivity index (χ3n) is 5.11. The van der Waals surface area contributed by atoms with Crippen molar-refractivity contribution in [2.45, 2.75) is 26.8 Å². The van der Waals surface area contributed by atoms with E-state index in [2.05, 4.69) is 20.6 Å². The van der Waals surface area contributed by atoms with Gasteiger partial charge in [0.25, 0.3) is 5.89 Å². The van der Waals surface area contributed by atoms with Crippen LogP contribution in [0.1, 0.15) is 22.6 Å². The van der Waals surface area contributed by atoms with E-state index in [1.54, 1.807) is 0 Å². The van der Waals surface area contributed by atoms with E-state index in [1.807, 2.05) is 50.4 Å². The molecule has 1 N–H and O–H groups in total. The zero-order valence-electron chi connectivity index (χ0n) is 15.7. The Bertz CT molecular complexity index is 1150. The van der Waals surface area contributed by atoms with E-state index in [-0.39, 0.29) is 0 Å². The summed E-state index contributed by atoms with van der Waals surface area (Å²) in [5.74, 6) is 1.60. The van der Waals surface area contributed by atoms with Crippen molar-refractivity contribution in [2.75, 3.05) is 6.54 Å². The van der Waals surface area contributed by atoms with Crippen LogP contribution in [0.25, 0.3) is 34.1 Å². The van der Waals surface area contributed by atoms with Crippen LogP contribution in [0.2, 0.25) is 0 Å². The fourth-order valence-electron chi connectivity index (χ4n) is 3.71. The summed E-state index contributed by atoms with van der Waals surface area (Å²) in [7, 11) is 0. The molecule has 1 aliphatic heterocycles. The molecule has 4 aromatic rings. The normalized spacial score (nSPS) is 13.5. The number of pyridine rings is 1. The lowest BCUT2D eigenvalue weighted by Gasteiger charge is -2.19. The molecule has 140 valence electrons. The summed E-state index contributed by atoms with van der Waals surface area (Å²) in [6, 6.07) is 9.84. The highest BCUT2D eigenvalue weighted by molar-refractivity contribution is 5.78. The van der Waals surface area contributed by atoms with E-state index >= 15 is 0 Å². The molecule has 28 heavy (non-hydrogen) atoms. The quantitative estimate of drug-likeness (QED) is 0.585. The molecule has 1 aromatic carbocycles. The first-order valence-electron chi connectivity index (χ1n) is 9.26. The molecule has 0 amide bonds. The van der Waals surface area contributed by atoms with Gasteiger partial charge in [-0.25, -0.2) is 0 Å². The van der Waals surface area contributed by atoms with Gasteiger partial charge in [0.05, 0.1) is 0 Å². The third-order valence-corrected chi connectivity index (χ3v) is 5.11. The van der Waals surface area contributed by atoms with E-state index in [0.29, 0.717) is 23.2 Å². The average molecular weight is 373 g/mol. The summed E-state index contributed by atoms with van der Waals surface area (Å²) in [5, 5.41) is 11.9. The second-order valence-corrected chi connectivity index (χ2v) is 6.90. The lowest BCUT2D eigenvalue weighted by Crippen LogP contribution is -2.24. The van der Waals surface area contributed by atoms with Crippen LogP contribution in [0.15, 0.2) is 45.6 Å². The Balaban J connectivity index is 1.62. The zero-order valence-corrected chi connectivity index (χ0v) is 15.7. The molecule has 7 heteroatoms. The van der Waals surface area contributed by atoms with Crippen LogP contribution in [-0.2, 0) is 13.0 Å². The predicted octanol–water partition coefficient (Wildman–Crippen LogP) is 3.72. The van der Waals surface area contributed by atoms with Crippen molar-refractivity contribution in [3.8, 4) is 34.1 Å². The second kappa shape index (κ2) is 6.69. The SMILES string of the molecule is Cc1ncc2c(c1-c1noc(-c3c(-c4ccccc4)noc3C)n1)CCNC2. The first-order valence-corrected chi connectivity index (χ1v) is 9.26. The van der Waals surface area contributed by atoms with Gasteiger partial charge in [0.1, 0.15) is 17.0 Å². The molecule has 5 rings (SSSR count). The number of fused-ring (bicyclic) bond motifs is 1. The molecular formula is C21H19N5O2. The molecule has 7 nitrogen and oxygen atoms in total. The van der Waals surface area contributed by atoms with Crippen molar-refractivity contribution in [1.29, 1.82) is 0 Å². The largest absolute Gasteiger partial charge is 0.360 e. The summed E-state index contributed by atoms with van der Waals surface area (Å²) < 4.78 is 11.1. The molecule has 0 atom stereocenters. The van der Waals surface area contributed by atoms with Crippen molar-refractivity contribution in [3.63, 3.8) is 0 Å². The minimum absolute atomic E-state index is 0.401. The van der Waals surface area contributed by atoms with Crippen LogP contribution >= 0.6 is 0 Å². The summed E-state index contributed by atoms with van der Waals surface area (Å²) in [5.41, 5.74) is 6.65. The molecule has 0 saturated carbocycles. The van der Waals surface area contributed by atoms with E-state index in [4.69, 9.17) is 14.0 Å². The highest BCUT2D eigenvalue weighted by Gasteiger charge is 2.25. The Morgan fingerprint density at radius 3 is 2.71 bits per heavy atom. The fourth-order valence-corrected chi connectivity index (χ4v) is 3.71. The number of hydrogen-bond donors (Lipinski definition) is 1. The van der Waals surface area contributed by atoms with E-state index in [1.165, 1.54) is 11.1 Å². The molecule has 0 fully saturated rings. The van der Waals surface area contributed by atoms with Gasteiger partial charge < -0.3 is 14.4 Å². The molecule has 1 aliphatic rings. The zero-order chi connectivity index (χ0) is 19.1. The summed E-state index contributed by atoms with van der Waals surface area (Å²) in [6.07, 6.45) is 2.85. The van der Waals surface area contributed by atoms with Crippen molar-refractivity contribution >= 4 is 0 Å². The molecule has 3 aromatic heterocycles. The highest BCUT2D eigenvalue weighted by atomic mass is 16.5. The lowest BCUT2D eigenvalue weighted by molar-refractivity contribution is 0.397. The van der Waals surface area contributed by atoms with Crippen LogP contribution < -0.4 is 5.32 Å². The van der Waals surface area contributed by atoms with Crippen molar-refractivity contribution < 1.29 is 9.05 Å². The maximum atomic E-state index is 5.65. The van der Waals surface area contributed by atoms with Gasteiger partial charge in [-0.3, -0.25) is 4.98 Å². The maximum absolute atomic E-state index is 5.65. The molecule has 0 unspecified atom stereocenters. The first-order chi connectivity index (χ1) is 13.7. The molecule has 0 radical (unpaired) electrons. The summed E-state index contributed by atoms with van der Waals surface area (Å²) >= 11 is 0. The van der Waals surface area contributed by atoms with Crippen LogP contribution in [0, 0.1) is 13.8 Å². The monoisotopic (exact) mass is 373 g/mol. The maximum Gasteiger partial charge on any atom is 0.264 e. The van der Waals surface area contributed by atoms with Crippen molar-refractivity contribution in [1.82, 2.24) is 25.6 Å². The number of nitrogens with zero attached hydrogens (tertiary/aromatic N) is 4. The minimum atomic E-state index is 0.401. The van der Waals surface area contributed by atoms with E-state index in [0.717, 1.165) is 41.9 Å². The number of aromatic nitrogens is 4. The summed E-state index contributed by atoms with van der Waals surface area (Å²) in [4.78, 5) is 9.23. The topological polar surface area (TPSA) is 89.9 Å². The minimum Gasteiger partial charge on any atom is -0.360 e. The molecular weight excluding hydrogens is 354 g/mol. The number of benzene rings is 1. The Morgan fingerprint density at radius 2 is 1.86 bits per heavy atom. The Morgan fingerprint density at radius 1 is 1.00 bits per heavy atom. The van der Waals surface area contributed by atoms with E-state index in [9.17, 15) is 0 Å². The van der Waals surface area contributed by atoms with Gasteiger partial charge in [-0.15, -0.1) is 0 Å². The first kappa shape index (κ1) is 16.8. The van der Waals surface area contributed by atoms with Gasteiger partial charge in [-0.2, -0.15) is 4.98 Å². The van der Waals surface area contributed by atoms with Crippen molar-refractivity contribution in [2.24, 2.45) is 0 Å². The van der Waals surface area contributed by atoms with Crippen LogP contribution in [-0.4, -0.2) is 26.8 Å². The lowest BCUT2D eigenvalue weighted by atomic mass is 9.95. The molecule has 4 heterocycles. The van der Waals surface area contributed by atoms with Gasteiger partial charge in [-0.05, 0) is 37.9 Å². The van der Waals surface area contributed by atoms with Crippen LogP contribution in [0.4, 0.5) is 0 Å². The van der Waals surface area contributed by atoms with Gasteiger partial charge in [0, 0.05) is 29.6 Å².